The maximum absolute atomic E-state index is 9.18. The van der Waals surface area contributed by atoms with Crippen LogP contribution in [0.3, 0.4) is 0 Å². The van der Waals surface area contributed by atoms with Gasteiger partial charge in [-0.15, -0.1) is 89.5 Å². The van der Waals surface area contributed by atoms with Gasteiger partial charge in [-0.3, -0.25) is 4.85 Å². The molecule has 45 heavy (non-hydrogen) atoms. The van der Waals surface area contributed by atoms with E-state index in [1.807, 2.05) is 78.9 Å². The number of pyridine rings is 3. The minimum Gasteiger partial charge on any atom is -0.305 e. The van der Waals surface area contributed by atoms with Gasteiger partial charge in [0.05, 0.1) is 12.6 Å². The Kier molecular flexibility index (Phi) is 12.8. The second-order valence-corrected chi connectivity index (χ2v) is 10.1. The van der Waals surface area contributed by atoms with Gasteiger partial charge in [0, 0.05) is 43.1 Å². The van der Waals surface area contributed by atoms with Gasteiger partial charge in [-0.05, 0) is 54.7 Å². The number of hydrogen-bond donors (Lipinski definition) is 0. The smallest absolute Gasteiger partial charge is 0.305 e. The fraction of sp³-hybridized carbons (Fsp3) is 0.0789. The molecule has 1 radical (unpaired) electrons. The maximum atomic E-state index is 9.18. The van der Waals surface area contributed by atoms with Crippen LogP contribution in [0.25, 0.3) is 38.6 Å². The molecular weight excluding hydrogens is 914 g/mol. The molecule has 0 aliphatic carbocycles. The molecule has 0 fully saturated rings. The zero-order valence-corrected chi connectivity index (χ0v) is 29.1. The van der Waals surface area contributed by atoms with E-state index < -0.39 is 5.41 Å². The SMILES string of the molecule is [C-]#[N+]c1cc[c-]c(-c2cccc(C(C)(C)c3cccc(-c4[c-]ccc(C#N)c4)n3)n2)c1.[Ir].[Pt+2].[c-]1ccccc1-c1ccccn1. The molecule has 0 aliphatic heterocycles. The van der Waals surface area contributed by atoms with Gasteiger partial charge < -0.3 is 15.0 Å². The Balaban J connectivity index is 0.000000332. The van der Waals surface area contributed by atoms with Crippen molar-refractivity contribution in [2.75, 3.05) is 0 Å². The molecule has 6 aromatic rings. The first-order chi connectivity index (χ1) is 21.0. The molecular formula is C38H26IrN5Pt-. The predicted octanol–water partition coefficient (Wildman–Crippen LogP) is 8.70. The summed E-state index contributed by atoms with van der Waals surface area (Å²) < 4.78 is 0. The van der Waals surface area contributed by atoms with Crippen molar-refractivity contribution in [1.29, 1.82) is 5.26 Å². The molecule has 0 unspecified atom stereocenters. The van der Waals surface area contributed by atoms with Crippen molar-refractivity contribution < 1.29 is 41.2 Å². The normalized spacial score (nSPS) is 10.0. The first-order valence-corrected chi connectivity index (χ1v) is 13.6. The van der Waals surface area contributed by atoms with E-state index in [1.54, 1.807) is 42.6 Å². The van der Waals surface area contributed by atoms with Gasteiger partial charge >= 0.3 is 21.1 Å². The van der Waals surface area contributed by atoms with Crippen LogP contribution >= 0.6 is 0 Å². The molecule has 0 amide bonds. The third-order valence-corrected chi connectivity index (χ3v) is 6.83. The summed E-state index contributed by atoms with van der Waals surface area (Å²) in [6.07, 6.45) is 1.79. The number of benzene rings is 3. The fourth-order valence-corrected chi connectivity index (χ4v) is 4.43. The summed E-state index contributed by atoms with van der Waals surface area (Å²) in [5.41, 5.74) is 7.51. The Hall–Kier alpha value is -4.57. The summed E-state index contributed by atoms with van der Waals surface area (Å²) in [5.74, 6) is 0. The molecule has 0 aliphatic rings. The van der Waals surface area contributed by atoms with Gasteiger partial charge in [-0.2, -0.15) is 11.3 Å². The first kappa shape index (κ1) is 34.9. The predicted molar refractivity (Wildman–Crippen MR) is 169 cm³/mol. The van der Waals surface area contributed by atoms with Crippen molar-refractivity contribution in [2.45, 2.75) is 19.3 Å². The van der Waals surface area contributed by atoms with Crippen LogP contribution in [0.5, 0.6) is 0 Å². The van der Waals surface area contributed by atoms with Crippen molar-refractivity contribution in [3.05, 3.63) is 168 Å². The third kappa shape index (κ3) is 8.75. The summed E-state index contributed by atoms with van der Waals surface area (Å²) in [4.78, 5) is 17.5. The first-order valence-electron chi connectivity index (χ1n) is 13.6. The van der Waals surface area contributed by atoms with Gasteiger partial charge in [0.25, 0.3) is 0 Å². The zero-order valence-electron chi connectivity index (χ0n) is 24.4. The average molecular weight is 940 g/mol. The van der Waals surface area contributed by atoms with Crippen LogP contribution in [0.2, 0.25) is 0 Å². The molecule has 223 valence electrons. The standard InChI is InChI=1S/C27H18N4.C11H8N.Ir.Pt/c1-27(2,25-14-6-12-23(30-25)20-9-4-8-19(16-20)18-28)26-15-7-13-24(31-26)21-10-5-11-22(17-21)29-3;1-2-6-10(7-3-1)11-8-4-5-9-12-11;;/h4-8,11-17H,1-2H3;1-6,8-9H;;/q-2;-1;;+2. The van der Waals surface area contributed by atoms with Crippen molar-refractivity contribution in [2.24, 2.45) is 0 Å². The van der Waals surface area contributed by atoms with E-state index in [2.05, 4.69) is 47.9 Å². The number of nitriles is 1. The largest absolute Gasteiger partial charge is 2.00 e. The minimum absolute atomic E-state index is 0. The van der Waals surface area contributed by atoms with Gasteiger partial charge in [0.15, 0.2) is 0 Å². The molecule has 0 saturated heterocycles. The van der Waals surface area contributed by atoms with E-state index in [0.29, 0.717) is 11.3 Å². The summed E-state index contributed by atoms with van der Waals surface area (Å²) >= 11 is 0. The summed E-state index contributed by atoms with van der Waals surface area (Å²) in [6.45, 7) is 11.4. The molecule has 0 bridgehead atoms. The monoisotopic (exact) mass is 940 g/mol. The number of hydrogen-bond acceptors (Lipinski definition) is 4. The molecule has 0 N–H and O–H groups in total. The van der Waals surface area contributed by atoms with Gasteiger partial charge in [-0.1, -0.05) is 36.4 Å². The number of aromatic nitrogens is 3. The molecule has 5 nitrogen and oxygen atoms in total. The summed E-state index contributed by atoms with van der Waals surface area (Å²) in [5, 5.41) is 9.18. The van der Waals surface area contributed by atoms with Crippen LogP contribution in [0.4, 0.5) is 5.69 Å². The Morgan fingerprint density at radius 2 is 1.29 bits per heavy atom. The van der Waals surface area contributed by atoms with Crippen molar-refractivity contribution in [1.82, 2.24) is 15.0 Å². The number of nitrogens with zero attached hydrogens (tertiary/aromatic N) is 5. The minimum atomic E-state index is -0.462. The molecule has 3 aromatic carbocycles. The van der Waals surface area contributed by atoms with Gasteiger partial charge in [-0.25, -0.2) is 0 Å². The molecule has 3 aromatic heterocycles. The van der Waals surface area contributed by atoms with E-state index in [1.165, 1.54) is 0 Å². The number of rotatable bonds is 5. The van der Waals surface area contributed by atoms with Crippen LogP contribution in [0.1, 0.15) is 30.8 Å². The van der Waals surface area contributed by atoms with Crippen LogP contribution in [0, 0.1) is 36.1 Å². The Morgan fingerprint density at radius 3 is 1.87 bits per heavy atom. The molecule has 6 rings (SSSR count). The van der Waals surface area contributed by atoms with Gasteiger partial charge in [0.2, 0.25) is 0 Å². The van der Waals surface area contributed by atoms with Crippen molar-refractivity contribution >= 4 is 5.69 Å². The van der Waals surface area contributed by atoms with Crippen LogP contribution in [0.15, 0.2) is 121 Å². The van der Waals surface area contributed by atoms with Crippen LogP contribution in [-0.4, -0.2) is 15.0 Å². The second kappa shape index (κ2) is 16.5. The quantitative estimate of drug-likeness (QED) is 0.163. The van der Waals surface area contributed by atoms with E-state index >= 15 is 0 Å². The Labute approximate surface area is 292 Å². The van der Waals surface area contributed by atoms with Crippen LogP contribution < -0.4 is 0 Å². The molecule has 0 atom stereocenters. The van der Waals surface area contributed by atoms with E-state index in [9.17, 15) is 5.26 Å². The Morgan fingerprint density at radius 1 is 0.689 bits per heavy atom. The Bertz CT molecular complexity index is 1790. The zero-order chi connectivity index (χ0) is 30.1. The van der Waals surface area contributed by atoms with Crippen molar-refractivity contribution in [3.63, 3.8) is 0 Å². The second-order valence-electron chi connectivity index (χ2n) is 10.1. The average Bonchev–Trinajstić information content (AvgIpc) is 3.09. The van der Waals surface area contributed by atoms with E-state index in [0.717, 1.165) is 45.2 Å². The van der Waals surface area contributed by atoms with E-state index in [4.69, 9.17) is 16.5 Å². The van der Waals surface area contributed by atoms with E-state index in [-0.39, 0.29) is 41.2 Å². The molecule has 0 saturated carbocycles. The van der Waals surface area contributed by atoms with Crippen molar-refractivity contribution in [3.8, 4) is 39.8 Å². The molecule has 0 spiro atoms. The summed E-state index contributed by atoms with van der Waals surface area (Å²) in [7, 11) is 0. The summed E-state index contributed by atoms with van der Waals surface area (Å²) in [6, 6.07) is 47.6. The van der Waals surface area contributed by atoms with Crippen LogP contribution in [-0.2, 0) is 46.6 Å². The fourth-order valence-electron chi connectivity index (χ4n) is 4.43. The third-order valence-electron chi connectivity index (χ3n) is 6.83. The van der Waals surface area contributed by atoms with Gasteiger partial charge in [0.1, 0.15) is 5.69 Å². The molecule has 3 heterocycles. The topological polar surface area (TPSA) is 66.8 Å². The molecule has 7 heteroatoms. The maximum Gasteiger partial charge on any atom is 2.00 e.